The second kappa shape index (κ2) is 4.11. The van der Waals surface area contributed by atoms with Gasteiger partial charge in [0.1, 0.15) is 5.69 Å². The van der Waals surface area contributed by atoms with Crippen LogP contribution < -0.4 is 10.3 Å². The number of nitrogens with zero attached hydrogens (tertiary/aromatic N) is 1. The number of rotatable bonds is 1. The van der Waals surface area contributed by atoms with Gasteiger partial charge in [-0.05, 0) is 12.1 Å². The van der Waals surface area contributed by atoms with Crippen molar-refractivity contribution in [2.45, 2.75) is 0 Å². The lowest BCUT2D eigenvalue weighted by Gasteiger charge is -2.18. The summed E-state index contributed by atoms with van der Waals surface area (Å²) in [5.74, 6) is 1.29. The lowest BCUT2D eigenvalue weighted by atomic mass is 10.2. The first-order valence-electron chi connectivity index (χ1n) is 5.20. The predicted molar refractivity (Wildman–Crippen MR) is 67.9 cm³/mol. The second-order valence-electron chi connectivity index (χ2n) is 3.62. The Labute approximate surface area is 104 Å². The quantitative estimate of drug-likeness (QED) is 0.835. The zero-order valence-electron chi connectivity index (χ0n) is 8.85. The third kappa shape index (κ3) is 1.85. The Morgan fingerprint density at radius 1 is 1.00 bits per heavy atom. The summed E-state index contributed by atoms with van der Waals surface area (Å²) in [6.07, 6.45) is 0. The number of halogens is 1. The van der Waals surface area contributed by atoms with E-state index < -0.39 is 0 Å². The molecule has 1 heterocycles. The first kappa shape index (κ1) is 10.2. The molecule has 0 radical (unpaired) electrons. The molecule has 0 saturated heterocycles. The molecule has 17 heavy (non-hydrogen) atoms. The van der Waals surface area contributed by atoms with Crippen molar-refractivity contribution in [1.82, 2.24) is 5.48 Å². The highest BCUT2D eigenvalue weighted by atomic mass is 35.5. The van der Waals surface area contributed by atoms with Crippen LogP contribution in [-0.4, -0.2) is 5.84 Å². The molecule has 4 heteroatoms. The Kier molecular flexibility index (Phi) is 2.46. The average molecular weight is 245 g/mol. The molecule has 0 fully saturated rings. The smallest absolute Gasteiger partial charge is 0.182 e. The third-order valence-corrected chi connectivity index (χ3v) is 2.78. The zero-order chi connectivity index (χ0) is 11.7. The molecule has 0 atom stereocenters. The molecule has 0 spiro atoms. The van der Waals surface area contributed by atoms with E-state index in [1.54, 1.807) is 6.07 Å². The van der Waals surface area contributed by atoms with Crippen molar-refractivity contribution in [3.63, 3.8) is 0 Å². The number of aliphatic imine (C=N–C) groups is 1. The highest BCUT2D eigenvalue weighted by Gasteiger charge is 2.16. The van der Waals surface area contributed by atoms with Gasteiger partial charge in [-0.25, -0.2) is 10.5 Å². The van der Waals surface area contributed by atoms with Crippen LogP contribution in [0.15, 0.2) is 53.5 Å². The lowest BCUT2D eigenvalue weighted by molar-refractivity contribution is 0.259. The van der Waals surface area contributed by atoms with Crippen LogP contribution >= 0.6 is 11.6 Å². The summed E-state index contributed by atoms with van der Waals surface area (Å²) >= 11 is 6.08. The maximum Gasteiger partial charge on any atom is 0.182 e. The van der Waals surface area contributed by atoms with E-state index in [1.165, 1.54) is 0 Å². The van der Waals surface area contributed by atoms with Crippen molar-refractivity contribution in [2.24, 2.45) is 4.99 Å². The molecular formula is C13H9ClN2O. The van der Waals surface area contributed by atoms with Crippen molar-refractivity contribution in [1.29, 1.82) is 0 Å². The van der Waals surface area contributed by atoms with E-state index >= 15 is 0 Å². The van der Waals surface area contributed by atoms with Crippen molar-refractivity contribution in [3.05, 3.63) is 59.1 Å². The fourth-order valence-electron chi connectivity index (χ4n) is 1.64. The van der Waals surface area contributed by atoms with Gasteiger partial charge in [0.15, 0.2) is 11.6 Å². The van der Waals surface area contributed by atoms with Crippen molar-refractivity contribution < 1.29 is 4.84 Å². The lowest BCUT2D eigenvalue weighted by Crippen LogP contribution is -2.30. The molecule has 84 valence electrons. The van der Waals surface area contributed by atoms with E-state index in [0.717, 1.165) is 5.56 Å². The van der Waals surface area contributed by atoms with Crippen LogP contribution in [0, 0.1) is 0 Å². The summed E-state index contributed by atoms with van der Waals surface area (Å²) in [7, 11) is 0. The van der Waals surface area contributed by atoms with Gasteiger partial charge < -0.3 is 4.84 Å². The van der Waals surface area contributed by atoms with Gasteiger partial charge in [0.25, 0.3) is 0 Å². The van der Waals surface area contributed by atoms with Crippen LogP contribution in [0.2, 0.25) is 5.02 Å². The molecule has 3 nitrogen and oxygen atoms in total. The average Bonchev–Trinajstić information content (AvgIpc) is 2.40. The van der Waals surface area contributed by atoms with Crippen LogP contribution in [0.1, 0.15) is 5.56 Å². The summed E-state index contributed by atoms with van der Waals surface area (Å²) in [5, 5.41) is 0.581. The first-order valence-corrected chi connectivity index (χ1v) is 5.58. The van der Waals surface area contributed by atoms with E-state index in [2.05, 4.69) is 10.5 Å². The van der Waals surface area contributed by atoms with Gasteiger partial charge in [0.05, 0.1) is 5.02 Å². The number of hydrogen-bond acceptors (Lipinski definition) is 3. The minimum absolute atomic E-state index is 0.581. The molecule has 2 aromatic carbocycles. The number of amidine groups is 1. The maximum atomic E-state index is 6.08. The van der Waals surface area contributed by atoms with Crippen molar-refractivity contribution >= 4 is 23.1 Å². The monoisotopic (exact) mass is 244 g/mol. The third-order valence-electron chi connectivity index (χ3n) is 2.48. The fourth-order valence-corrected chi connectivity index (χ4v) is 1.85. The molecule has 0 saturated carbocycles. The molecule has 0 aromatic heterocycles. The standard InChI is InChI=1S/C13H9ClN2O/c14-10-7-4-8-11-12(10)15-13(16-17-11)9-5-2-1-3-6-9/h1-8H,(H,15,16). The topological polar surface area (TPSA) is 33.6 Å². The van der Waals surface area contributed by atoms with E-state index in [0.29, 0.717) is 22.3 Å². The highest BCUT2D eigenvalue weighted by Crippen LogP contribution is 2.36. The van der Waals surface area contributed by atoms with E-state index in [1.807, 2.05) is 42.5 Å². The summed E-state index contributed by atoms with van der Waals surface area (Å²) in [4.78, 5) is 9.87. The largest absolute Gasteiger partial charge is 0.378 e. The summed E-state index contributed by atoms with van der Waals surface area (Å²) in [5.41, 5.74) is 4.43. The molecule has 2 aromatic rings. The van der Waals surface area contributed by atoms with E-state index in [9.17, 15) is 0 Å². The SMILES string of the molecule is Clc1cccc2c1N=C(c1ccccc1)NO2. The molecule has 0 aliphatic carbocycles. The first-order chi connectivity index (χ1) is 8.34. The van der Waals surface area contributed by atoms with E-state index in [-0.39, 0.29) is 0 Å². The van der Waals surface area contributed by atoms with Crippen LogP contribution in [0.4, 0.5) is 5.69 Å². The number of hydrogen-bond donors (Lipinski definition) is 1. The second-order valence-corrected chi connectivity index (χ2v) is 4.02. The molecule has 0 unspecified atom stereocenters. The summed E-state index contributed by atoms with van der Waals surface area (Å²) < 4.78 is 0. The molecule has 0 amide bonds. The predicted octanol–water partition coefficient (Wildman–Crippen LogP) is 3.32. The van der Waals surface area contributed by atoms with Gasteiger partial charge >= 0.3 is 0 Å². The molecule has 3 rings (SSSR count). The minimum atomic E-state index is 0.581. The Bertz CT molecular complexity index is 581. The number of fused-ring (bicyclic) bond motifs is 1. The molecule has 1 aliphatic heterocycles. The summed E-state index contributed by atoms with van der Waals surface area (Å²) in [6.45, 7) is 0. The minimum Gasteiger partial charge on any atom is -0.378 e. The van der Waals surface area contributed by atoms with Gasteiger partial charge in [-0.15, -0.1) is 0 Å². The van der Waals surface area contributed by atoms with Crippen LogP contribution in [0.3, 0.4) is 0 Å². The Balaban J connectivity index is 2.09. The highest BCUT2D eigenvalue weighted by molar-refractivity contribution is 6.33. The fraction of sp³-hybridized carbons (Fsp3) is 0. The van der Waals surface area contributed by atoms with E-state index in [4.69, 9.17) is 16.4 Å². The Hall–Kier alpha value is -2.00. The van der Waals surface area contributed by atoms with Crippen molar-refractivity contribution in [2.75, 3.05) is 0 Å². The van der Waals surface area contributed by atoms with Crippen LogP contribution in [-0.2, 0) is 0 Å². The number of nitrogens with one attached hydrogen (secondary N) is 1. The number of hydroxylamine groups is 1. The van der Waals surface area contributed by atoms with Crippen molar-refractivity contribution in [3.8, 4) is 5.75 Å². The van der Waals surface area contributed by atoms with Crippen LogP contribution in [0.25, 0.3) is 0 Å². The van der Waals surface area contributed by atoms with Gasteiger partial charge in [-0.3, -0.25) is 0 Å². The molecular weight excluding hydrogens is 236 g/mol. The zero-order valence-corrected chi connectivity index (χ0v) is 9.61. The maximum absolute atomic E-state index is 6.08. The summed E-state index contributed by atoms with van der Waals surface area (Å²) in [6, 6.07) is 15.2. The van der Waals surface area contributed by atoms with Crippen LogP contribution in [0.5, 0.6) is 5.75 Å². The Morgan fingerprint density at radius 3 is 2.65 bits per heavy atom. The Morgan fingerprint density at radius 2 is 1.82 bits per heavy atom. The number of para-hydroxylation sites is 1. The van der Waals surface area contributed by atoms with Gasteiger partial charge in [0.2, 0.25) is 0 Å². The van der Waals surface area contributed by atoms with Gasteiger partial charge in [0, 0.05) is 5.56 Å². The molecule has 1 N–H and O–H groups in total. The number of benzene rings is 2. The normalized spacial score (nSPS) is 13.1. The van der Waals surface area contributed by atoms with Gasteiger partial charge in [-0.2, -0.15) is 0 Å². The molecule has 1 aliphatic rings. The molecule has 0 bridgehead atoms. The van der Waals surface area contributed by atoms with Gasteiger partial charge in [-0.1, -0.05) is 48.0 Å².